The minimum absolute atomic E-state index is 0.122. The average molecular weight is 353 g/mol. The smallest absolute Gasteiger partial charge is 0.162 e. The number of anilines is 1. The van der Waals surface area contributed by atoms with E-state index >= 15 is 0 Å². The van der Waals surface area contributed by atoms with Crippen LogP contribution in [0.5, 0.6) is 0 Å². The van der Waals surface area contributed by atoms with Crippen LogP contribution in [0.1, 0.15) is 18.5 Å². The van der Waals surface area contributed by atoms with Gasteiger partial charge in [-0.15, -0.1) is 0 Å². The molecule has 0 spiro atoms. The highest BCUT2D eigenvalue weighted by Crippen LogP contribution is 2.26. The van der Waals surface area contributed by atoms with Crippen LogP contribution in [0.2, 0.25) is 0 Å². The van der Waals surface area contributed by atoms with Crippen molar-refractivity contribution in [2.45, 2.75) is 13.0 Å². The Balaban J connectivity index is 1.74. The monoisotopic (exact) mass is 353 g/mol. The molecule has 0 bridgehead atoms. The second-order valence-electron chi connectivity index (χ2n) is 6.21. The normalized spacial score (nSPS) is 11.7. The van der Waals surface area contributed by atoms with Crippen molar-refractivity contribution in [2.75, 3.05) is 5.32 Å². The Hall–Kier alpha value is -3.60. The largest absolute Gasteiger partial charge is 0.363 e. The standard InChI is InChI=1S/C22H19N5/c1-16(17-5-3-2-4-6-17)25-21-15-20(18-7-11-23-12-8-18)26-22(27-21)19-9-13-24-14-10-19/h2-16H,1H3,(H,25,26,27). The number of pyridine rings is 2. The lowest BCUT2D eigenvalue weighted by molar-refractivity contribution is 0.873. The van der Waals surface area contributed by atoms with Crippen molar-refractivity contribution in [3.63, 3.8) is 0 Å². The first-order valence-corrected chi connectivity index (χ1v) is 8.81. The van der Waals surface area contributed by atoms with Gasteiger partial charge < -0.3 is 5.32 Å². The summed E-state index contributed by atoms with van der Waals surface area (Å²) in [6.45, 7) is 2.12. The van der Waals surface area contributed by atoms with Gasteiger partial charge in [0.2, 0.25) is 0 Å². The lowest BCUT2D eigenvalue weighted by Crippen LogP contribution is -2.09. The van der Waals surface area contributed by atoms with E-state index in [0.717, 1.165) is 22.6 Å². The molecule has 5 heteroatoms. The fourth-order valence-electron chi connectivity index (χ4n) is 2.87. The molecule has 0 saturated heterocycles. The van der Waals surface area contributed by atoms with E-state index < -0.39 is 0 Å². The average Bonchev–Trinajstić information content (AvgIpc) is 2.75. The molecule has 27 heavy (non-hydrogen) atoms. The Labute approximate surface area is 158 Å². The summed E-state index contributed by atoms with van der Waals surface area (Å²) in [4.78, 5) is 17.7. The molecule has 0 fully saturated rings. The third-order valence-electron chi connectivity index (χ3n) is 4.30. The van der Waals surface area contributed by atoms with Gasteiger partial charge in [-0.1, -0.05) is 30.3 Å². The molecular weight excluding hydrogens is 334 g/mol. The highest BCUT2D eigenvalue weighted by atomic mass is 15.0. The summed E-state index contributed by atoms with van der Waals surface area (Å²) in [6.07, 6.45) is 7.03. The van der Waals surface area contributed by atoms with E-state index in [2.05, 4.69) is 34.3 Å². The van der Waals surface area contributed by atoms with Gasteiger partial charge in [0.15, 0.2) is 5.82 Å². The molecule has 5 nitrogen and oxygen atoms in total. The molecule has 0 aliphatic rings. The summed E-state index contributed by atoms with van der Waals surface area (Å²) in [5, 5.41) is 3.50. The van der Waals surface area contributed by atoms with E-state index in [4.69, 9.17) is 9.97 Å². The van der Waals surface area contributed by atoms with E-state index in [1.165, 1.54) is 5.56 Å². The molecule has 4 rings (SSSR count). The second-order valence-corrected chi connectivity index (χ2v) is 6.21. The van der Waals surface area contributed by atoms with Crippen LogP contribution in [-0.2, 0) is 0 Å². The number of benzene rings is 1. The molecule has 1 N–H and O–H groups in total. The maximum Gasteiger partial charge on any atom is 0.162 e. The van der Waals surface area contributed by atoms with Crippen LogP contribution in [0, 0.1) is 0 Å². The quantitative estimate of drug-likeness (QED) is 0.560. The third kappa shape index (κ3) is 3.98. The van der Waals surface area contributed by atoms with Gasteiger partial charge in [-0.05, 0) is 36.8 Å². The third-order valence-corrected chi connectivity index (χ3v) is 4.30. The van der Waals surface area contributed by atoms with Gasteiger partial charge in [0.25, 0.3) is 0 Å². The number of rotatable bonds is 5. The van der Waals surface area contributed by atoms with Crippen LogP contribution < -0.4 is 5.32 Å². The topological polar surface area (TPSA) is 63.6 Å². The van der Waals surface area contributed by atoms with E-state index in [1.54, 1.807) is 24.8 Å². The van der Waals surface area contributed by atoms with Gasteiger partial charge in [-0.25, -0.2) is 9.97 Å². The van der Waals surface area contributed by atoms with Crippen LogP contribution in [0.25, 0.3) is 22.6 Å². The molecule has 3 aromatic heterocycles. The minimum atomic E-state index is 0.122. The molecule has 0 saturated carbocycles. The molecule has 0 amide bonds. The van der Waals surface area contributed by atoms with Crippen LogP contribution >= 0.6 is 0 Å². The highest BCUT2D eigenvalue weighted by molar-refractivity contribution is 5.67. The first kappa shape index (κ1) is 16.8. The van der Waals surface area contributed by atoms with Gasteiger partial charge in [0, 0.05) is 48.0 Å². The van der Waals surface area contributed by atoms with Crippen molar-refractivity contribution in [3.8, 4) is 22.6 Å². The summed E-state index contributed by atoms with van der Waals surface area (Å²) in [5.41, 5.74) is 3.98. The summed E-state index contributed by atoms with van der Waals surface area (Å²) in [7, 11) is 0. The lowest BCUT2D eigenvalue weighted by Gasteiger charge is -2.16. The van der Waals surface area contributed by atoms with Crippen molar-refractivity contribution in [3.05, 3.63) is 91.0 Å². The van der Waals surface area contributed by atoms with Gasteiger partial charge in [0.1, 0.15) is 5.82 Å². The van der Waals surface area contributed by atoms with Crippen molar-refractivity contribution in [1.82, 2.24) is 19.9 Å². The summed E-state index contributed by atoms with van der Waals surface area (Å²) < 4.78 is 0. The molecule has 3 heterocycles. The van der Waals surface area contributed by atoms with Gasteiger partial charge in [-0.2, -0.15) is 0 Å². The molecule has 1 unspecified atom stereocenters. The van der Waals surface area contributed by atoms with Crippen molar-refractivity contribution < 1.29 is 0 Å². The maximum atomic E-state index is 4.75. The number of nitrogens with zero attached hydrogens (tertiary/aromatic N) is 4. The van der Waals surface area contributed by atoms with E-state index in [0.29, 0.717) is 5.82 Å². The predicted molar refractivity (Wildman–Crippen MR) is 107 cm³/mol. The number of aromatic nitrogens is 4. The van der Waals surface area contributed by atoms with Crippen LogP contribution in [0.3, 0.4) is 0 Å². The Kier molecular flexibility index (Phi) is 4.83. The molecule has 0 aliphatic heterocycles. The second kappa shape index (κ2) is 7.74. The van der Waals surface area contributed by atoms with Crippen molar-refractivity contribution >= 4 is 5.82 Å². The number of hydrogen-bond acceptors (Lipinski definition) is 5. The molecule has 132 valence electrons. The van der Waals surface area contributed by atoms with Crippen molar-refractivity contribution in [2.24, 2.45) is 0 Å². The van der Waals surface area contributed by atoms with E-state index in [-0.39, 0.29) is 6.04 Å². The van der Waals surface area contributed by atoms with Crippen molar-refractivity contribution in [1.29, 1.82) is 0 Å². The first-order chi connectivity index (χ1) is 13.3. The van der Waals surface area contributed by atoms with Crippen LogP contribution in [-0.4, -0.2) is 19.9 Å². The molecule has 1 atom stereocenters. The molecule has 4 aromatic rings. The molecular formula is C22H19N5. The van der Waals surface area contributed by atoms with Gasteiger partial charge >= 0.3 is 0 Å². The summed E-state index contributed by atoms with van der Waals surface area (Å²) in [5.74, 6) is 1.44. The SMILES string of the molecule is CC(Nc1cc(-c2ccncc2)nc(-c2ccncc2)n1)c1ccccc1. The highest BCUT2D eigenvalue weighted by Gasteiger charge is 2.11. The van der Waals surface area contributed by atoms with E-state index in [1.807, 2.05) is 48.5 Å². The van der Waals surface area contributed by atoms with E-state index in [9.17, 15) is 0 Å². The fraction of sp³-hybridized carbons (Fsp3) is 0.0909. The Morgan fingerprint density at radius 3 is 2.04 bits per heavy atom. The Morgan fingerprint density at radius 2 is 1.37 bits per heavy atom. The van der Waals surface area contributed by atoms with Crippen LogP contribution in [0.4, 0.5) is 5.82 Å². The summed E-state index contributed by atoms with van der Waals surface area (Å²) >= 11 is 0. The zero-order chi connectivity index (χ0) is 18.5. The molecule has 0 aliphatic carbocycles. The Morgan fingerprint density at radius 1 is 0.741 bits per heavy atom. The van der Waals surface area contributed by atoms with Gasteiger partial charge in [0.05, 0.1) is 5.69 Å². The lowest BCUT2D eigenvalue weighted by atomic mass is 10.1. The molecule has 1 aromatic carbocycles. The Bertz CT molecular complexity index is 947. The zero-order valence-corrected chi connectivity index (χ0v) is 14.9. The number of nitrogens with one attached hydrogen (secondary N) is 1. The number of hydrogen-bond donors (Lipinski definition) is 1. The molecule has 0 radical (unpaired) electrons. The van der Waals surface area contributed by atoms with Gasteiger partial charge in [-0.3, -0.25) is 9.97 Å². The predicted octanol–water partition coefficient (Wildman–Crippen LogP) is 4.77. The fourth-order valence-corrected chi connectivity index (χ4v) is 2.87. The zero-order valence-electron chi connectivity index (χ0n) is 14.9. The summed E-state index contributed by atoms with van der Waals surface area (Å²) in [6, 6.07) is 20.1. The first-order valence-electron chi connectivity index (χ1n) is 8.81. The maximum absolute atomic E-state index is 4.75. The van der Waals surface area contributed by atoms with Crippen LogP contribution in [0.15, 0.2) is 85.5 Å². The minimum Gasteiger partial charge on any atom is -0.363 e.